The molecule has 1 N–H and O–H groups in total. The molecule has 86 valence electrons. The first-order chi connectivity index (χ1) is 7.16. The number of fused-ring (bicyclic) bond motifs is 1. The first-order valence-electron chi connectivity index (χ1n) is 5.52. The van der Waals surface area contributed by atoms with Gasteiger partial charge >= 0.3 is 0 Å². The van der Waals surface area contributed by atoms with Crippen molar-refractivity contribution < 1.29 is 8.17 Å². The Balaban J connectivity index is 2.10. The van der Waals surface area contributed by atoms with Crippen molar-refractivity contribution in [2.24, 2.45) is 0 Å². The van der Waals surface area contributed by atoms with Crippen LogP contribution < -0.4 is 0 Å². The number of halogens is 1. The fourth-order valence-corrected chi connectivity index (χ4v) is 3.51. The van der Waals surface area contributed by atoms with E-state index in [4.69, 9.17) is 3.07 Å². The number of aliphatic hydroxyl groups is 1. The van der Waals surface area contributed by atoms with Crippen LogP contribution in [0.25, 0.3) is 0 Å². The summed E-state index contributed by atoms with van der Waals surface area (Å²) in [6.07, 6.45) is 5.25. The molecule has 0 unspecified atom stereocenters. The summed E-state index contributed by atoms with van der Waals surface area (Å²) in [6, 6.07) is 0. The lowest BCUT2D eigenvalue weighted by Crippen LogP contribution is -2.41. The minimum atomic E-state index is -0.322. The van der Waals surface area contributed by atoms with Crippen LogP contribution in [0.4, 0.5) is 0 Å². The van der Waals surface area contributed by atoms with Gasteiger partial charge in [-0.25, -0.2) is 0 Å². The van der Waals surface area contributed by atoms with Crippen LogP contribution in [-0.4, -0.2) is 41.3 Å². The largest absolute Gasteiger partial charge is 0.389 e. The Hall–Kier alpha value is 0.350. The molecule has 2 fully saturated rings. The summed E-state index contributed by atoms with van der Waals surface area (Å²) in [5.74, 6) is 0. The normalized spacial score (nSPS) is 36.1. The van der Waals surface area contributed by atoms with E-state index < -0.39 is 0 Å². The minimum Gasteiger partial charge on any atom is -0.389 e. The molecule has 0 saturated carbocycles. The standard InChI is InChI=1S/C11H18INO2/c1-9(14)5-10-6-11(8-15-12)3-2-4-13(11)7-10/h5,9,14H,2-4,6-8H2,1H3/b10-5-/t9-,11+/m1/s1. The third-order valence-corrected chi connectivity index (χ3v) is 3.80. The molecule has 3 nitrogen and oxygen atoms in total. The lowest BCUT2D eigenvalue weighted by molar-refractivity contribution is 0.139. The molecule has 4 heteroatoms. The molecule has 2 aliphatic heterocycles. The van der Waals surface area contributed by atoms with Crippen LogP contribution in [0.15, 0.2) is 11.6 Å². The molecular formula is C11H18INO2. The van der Waals surface area contributed by atoms with E-state index >= 15 is 0 Å². The van der Waals surface area contributed by atoms with Gasteiger partial charge in [0.15, 0.2) is 0 Å². The lowest BCUT2D eigenvalue weighted by Gasteiger charge is -2.29. The summed E-state index contributed by atoms with van der Waals surface area (Å²) in [6.45, 7) is 4.82. The molecule has 0 aliphatic carbocycles. The highest BCUT2D eigenvalue weighted by atomic mass is 127. The average Bonchev–Trinajstić information content (AvgIpc) is 2.59. The zero-order chi connectivity index (χ0) is 10.9. The van der Waals surface area contributed by atoms with E-state index in [0.717, 1.165) is 19.6 Å². The van der Waals surface area contributed by atoms with Crippen LogP contribution in [0.2, 0.25) is 0 Å². The third kappa shape index (κ3) is 2.38. The van der Waals surface area contributed by atoms with Crippen molar-refractivity contribution in [3.63, 3.8) is 0 Å². The summed E-state index contributed by atoms with van der Waals surface area (Å²) in [5.41, 5.74) is 1.61. The van der Waals surface area contributed by atoms with E-state index in [2.05, 4.69) is 4.90 Å². The average molecular weight is 323 g/mol. The van der Waals surface area contributed by atoms with Crippen molar-refractivity contribution in [1.29, 1.82) is 0 Å². The first-order valence-corrected chi connectivity index (χ1v) is 6.41. The van der Waals surface area contributed by atoms with E-state index in [-0.39, 0.29) is 11.6 Å². The van der Waals surface area contributed by atoms with Gasteiger partial charge in [-0.15, -0.1) is 0 Å². The van der Waals surface area contributed by atoms with Crippen molar-refractivity contribution in [2.45, 2.75) is 37.8 Å². The van der Waals surface area contributed by atoms with Crippen LogP contribution in [0.1, 0.15) is 26.2 Å². The van der Waals surface area contributed by atoms with Crippen molar-refractivity contribution in [2.75, 3.05) is 19.7 Å². The zero-order valence-electron chi connectivity index (χ0n) is 9.08. The number of aliphatic hydroxyl groups excluding tert-OH is 1. The molecule has 2 atom stereocenters. The van der Waals surface area contributed by atoms with Crippen LogP contribution in [0.5, 0.6) is 0 Å². The Morgan fingerprint density at radius 1 is 1.73 bits per heavy atom. The molecule has 15 heavy (non-hydrogen) atoms. The summed E-state index contributed by atoms with van der Waals surface area (Å²) in [4.78, 5) is 2.51. The SMILES string of the molecule is C[C@@H](O)/C=C1\CN2CCC[C@@]2(COI)C1. The van der Waals surface area contributed by atoms with Crippen LogP contribution in [-0.2, 0) is 3.07 Å². The monoisotopic (exact) mass is 323 g/mol. The van der Waals surface area contributed by atoms with Gasteiger partial charge in [-0.1, -0.05) is 11.6 Å². The summed E-state index contributed by atoms with van der Waals surface area (Å²) >= 11 is 1.99. The molecule has 2 rings (SSSR count). The molecule has 2 saturated heterocycles. The first kappa shape index (κ1) is 11.8. The van der Waals surface area contributed by atoms with Gasteiger partial charge in [-0.05, 0) is 32.7 Å². The van der Waals surface area contributed by atoms with Gasteiger partial charge in [0.1, 0.15) is 23.0 Å². The number of rotatable bonds is 3. The third-order valence-electron chi connectivity index (χ3n) is 3.49. The van der Waals surface area contributed by atoms with Crippen LogP contribution >= 0.6 is 23.0 Å². The second kappa shape index (κ2) is 4.69. The van der Waals surface area contributed by atoms with Gasteiger partial charge in [0.25, 0.3) is 0 Å². The highest BCUT2D eigenvalue weighted by Gasteiger charge is 2.46. The molecule has 0 radical (unpaired) electrons. The quantitative estimate of drug-likeness (QED) is 0.636. The Morgan fingerprint density at radius 3 is 3.20 bits per heavy atom. The molecule has 0 aromatic heterocycles. The Labute approximate surface area is 105 Å². The molecule has 2 heterocycles. The van der Waals surface area contributed by atoms with E-state index in [0.29, 0.717) is 0 Å². The van der Waals surface area contributed by atoms with Crippen molar-refractivity contribution in [3.8, 4) is 0 Å². The topological polar surface area (TPSA) is 32.7 Å². The minimum absolute atomic E-state index is 0.238. The van der Waals surface area contributed by atoms with Gasteiger partial charge in [-0.3, -0.25) is 4.90 Å². The van der Waals surface area contributed by atoms with Crippen LogP contribution in [0, 0.1) is 0 Å². The van der Waals surface area contributed by atoms with Crippen LogP contribution in [0.3, 0.4) is 0 Å². The zero-order valence-corrected chi connectivity index (χ0v) is 11.2. The fraction of sp³-hybridized carbons (Fsp3) is 0.818. The predicted molar refractivity (Wildman–Crippen MR) is 67.9 cm³/mol. The Morgan fingerprint density at radius 2 is 2.53 bits per heavy atom. The summed E-state index contributed by atoms with van der Waals surface area (Å²) in [7, 11) is 0. The molecule has 0 aromatic rings. The van der Waals surface area contributed by atoms with E-state index in [9.17, 15) is 5.11 Å². The second-order valence-electron chi connectivity index (χ2n) is 4.75. The van der Waals surface area contributed by atoms with Gasteiger partial charge in [0, 0.05) is 12.1 Å². The van der Waals surface area contributed by atoms with Gasteiger partial charge in [0.05, 0.1) is 12.7 Å². The molecular weight excluding hydrogens is 305 g/mol. The van der Waals surface area contributed by atoms with E-state index in [1.54, 1.807) is 0 Å². The molecule has 0 aromatic carbocycles. The highest BCUT2D eigenvalue weighted by molar-refractivity contribution is 14.1. The molecule has 0 bridgehead atoms. The summed E-state index contributed by atoms with van der Waals surface area (Å²) < 4.78 is 5.32. The predicted octanol–water partition coefficient (Wildman–Crippen LogP) is 1.90. The second-order valence-corrected chi connectivity index (χ2v) is 5.37. The lowest BCUT2D eigenvalue weighted by atomic mass is 9.93. The summed E-state index contributed by atoms with van der Waals surface area (Å²) in [5, 5.41) is 9.36. The maximum atomic E-state index is 9.36. The maximum absolute atomic E-state index is 9.36. The van der Waals surface area contributed by atoms with Gasteiger partial charge < -0.3 is 8.17 Å². The maximum Gasteiger partial charge on any atom is 0.109 e. The van der Waals surface area contributed by atoms with Crippen molar-refractivity contribution in [1.82, 2.24) is 4.90 Å². The molecule has 2 aliphatic rings. The Kier molecular flexibility index (Phi) is 3.70. The molecule has 0 spiro atoms. The number of hydrogen-bond acceptors (Lipinski definition) is 3. The van der Waals surface area contributed by atoms with E-state index in [1.807, 2.05) is 36.0 Å². The number of hydrogen-bond donors (Lipinski definition) is 1. The highest BCUT2D eigenvalue weighted by Crippen LogP contribution is 2.41. The molecule has 0 amide bonds. The fourth-order valence-electron chi connectivity index (χ4n) is 2.93. The van der Waals surface area contributed by atoms with Crippen molar-refractivity contribution in [3.05, 3.63) is 11.6 Å². The van der Waals surface area contributed by atoms with Crippen molar-refractivity contribution >= 4 is 23.0 Å². The number of nitrogens with zero attached hydrogens (tertiary/aromatic N) is 1. The van der Waals surface area contributed by atoms with E-state index in [1.165, 1.54) is 25.0 Å². The smallest absolute Gasteiger partial charge is 0.109 e. The Bertz CT molecular complexity index is 267. The van der Waals surface area contributed by atoms with Gasteiger partial charge in [0.2, 0.25) is 0 Å². The van der Waals surface area contributed by atoms with Gasteiger partial charge in [-0.2, -0.15) is 0 Å².